The zero-order valence-electron chi connectivity index (χ0n) is 14.2. The first-order valence-electron chi connectivity index (χ1n) is 7.77. The fourth-order valence-electron chi connectivity index (χ4n) is 2.61. The molecule has 0 saturated carbocycles. The summed E-state index contributed by atoms with van der Waals surface area (Å²) in [6.45, 7) is 0. The minimum atomic E-state index is -0.428. The third-order valence-electron chi connectivity index (χ3n) is 3.90. The quantitative estimate of drug-likeness (QED) is 0.763. The van der Waals surface area contributed by atoms with Crippen LogP contribution in [0.25, 0.3) is 0 Å². The average molecular weight is 375 g/mol. The van der Waals surface area contributed by atoms with E-state index in [0.29, 0.717) is 17.3 Å². The number of aromatic nitrogens is 3. The first kappa shape index (κ1) is 17.9. The van der Waals surface area contributed by atoms with Crippen LogP contribution in [0.15, 0.2) is 47.5 Å². The summed E-state index contributed by atoms with van der Waals surface area (Å²) in [4.78, 5) is 28.2. The SMILES string of the molecule is Cn1cc(C(=O)Nc2ccc(Cc3cc(F)cc(Cl)c3)cn2)n(C)c1=O. The number of carbonyl (C=O) groups is 1. The van der Waals surface area contributed by atoms with Gasteiger partial charge in [0.25, 0.3) is 5.91 Å². The Morgan fingerprint density at radius 1 is 1.23 bits per heavy atom. The summed E-state index contributed by atoms with van der Waals surface area (Å²) in [5.41, 5.74) is 1.52. The fraction of sp³-hybridized carbons (Fsp3) is 0.167. The number of amides is 1. The van der Waals surface area contributed by atoms with Gasteiger partial charge in [0, 0.05) is 31.5 Å². The number of imidazole rings is 1. The number of hydrogen-bond donors (Lipinski definition) is 1. The lowest BCUT2D eigenvalue weighted by atomic mass is 10.1. The molecule has 0 aliphatic rings. The first-order valence-corrected chi connectivity index (χ1v) is 8.15. The van der Waals surface area contributed by atoms with E-state index in [1.807, 2.05) is 0 Å². The predicted octanol–water partition coefficient (Wildman–Crippen LogP) is 2.75. The standard InChI is InChI=1S/C18H16ClFN4O2/c1-23-10-15(24(2)18(23)26)17(25)22-16-4-3-11(9-21-16)5-12-6-13(19)8-14(20)7-12/h3-4,6-10H,5H2,1-2H3,(H,21,22,25). The number of carbonyl (C=O) groups excluding carboxylic acids is 1. The van der Waals surface area contributed by atoms with Gasteiger partial charge in [-0.25, -0.2) is 14.2 Å². The molecule has 0 aliphatic carbocycles. The summed E-state index contributed by atoms with van der Waals surface area (Å²) in [5.74, 6) is -0.465. The monoisotopic (exact) mass is 374 g/mol. The minimum Gasteiger partial charge on any atom is -0.305 e. The number of anilines is 1. The third kappa shape index (κ3) is 3.83. The van der Waals surface area contributed by atoms with Crippen LogP contribution in [0.2, 0.25) is 5.02 Å². The third-order valence-corrected chi connectivity index (χ3v) is 4.11. The Bertz CT molecular complexity index is 1000. The molecule has 0 bridgehead atoms. The Morgan fingerprint density at radius 3 is 2.58 bits per heavy atom. The molecule has 3 rings (SSSR count). The van der Waals surface area contributed by atoms with Crippen LogP contribution in [-0.4, -0.2) is 20.0 Å². The highest BCUT2D eigenvalue weighted by Crippen LogP contribution is 2.17. The van der Waals surface area contributed by atoms with E-state index in [1.54, 1.807) is 31.4 Å². The summed E-state index contributed by atoms with van der Waals surface area (Å²) in [5, 5.41) is 2.98. The second kappa shape index (κ2) is 7.13. The van der Waals surface area contributed by atoms with Crippen LogP contribution in [0.1, 0.15) is 21.6 Å². The van der Waals surface area contributed by atoms with Gasteiger partial charge in [0.05, 0.1) is 0 Å². The zero-order valence-corrected chi connectivity index (χ0v) is 14.9. The molecule has 2 aromatic heterocycles. The van der Waals surface area contributed by atoms with Crippen LogP contribution in [-0.2, 0) is 20.5 Å². The van der Waals surface area contributed by atoms with Crippen molar-refractivity contribution in [1.82, 2.24) is 14.1 Å². The second-order valence-electron chi connectivity index (χ2n) is 5.93. The molecule has 0 spiro atoms. The van der Waals surface area contributed by atoms with Crippen molar-refractivity contribution < 1.29 is 9.18 Å². The molecule has 1 N–H and O–H groups in total. The lowest BCUT2D eigenvalue weighted by Gasteiger charge is -2.06. The van der Waals surface area contributed by atoms with Gasteiger partial charge >= 0.3 is 5.69 Å². The fourth-order valence-corrected chi connectivity index (χ4v) is 2.85. The van der Waals surface area contributed by atoms with Crippen molar-refractivity contribution in [2.24, 2.45) is 14.1 Å². The van der Waals surface area contributed by atoms with Crippen LogP contribution in [0, 0.1) is 5.82 Å². The molecular weight excluding hydrogens is 359 g/mol. The summed E-state index contributed by atoms with van der Waals surface area (Å²) < 4.78 is 16.0. The molecule has 134 valence electrons. The van der Waals surface area contributed by atoms with Gasteiger partial charge in [0.2, 0.25) is 0 Å². The highest BCUT2D eigenvalue weighted by molar-refractivity contribution is 6.30. The minimum absolute atomic E-state index is 0.234. The Morgan fingerprint density at radius 2 is 2.00 bits per heavy atom. The van der Waals surface area contributed by atoms with E-state index in [2.05, 4.69) is 10.3 Å². The average Bonchev–Trinajstić information content (AvgIpc) is 2.83. The molecule has 1 amide bonds. The molecule has 0 radical (unpaired) electrons. The van der Waals surface area contributed by atoms with Crippen molar-refractivity contribution in [1.29, 1.82) is 0 Å². The summed E-state index contributed by atoms with van der Waals surface area (Å²) in [6.07, 6.45) is 3.52. The van der Waals surface area contributed by atoms with Crippen molar-refractivity contribution in [3.05, 3.63) is 80.9 Å². The van der Waals surface area contributed by atoms with Crippen molar-refractivity contribution in [3.8, 4) is 0 Å². The van der Waals surface area contributed by atoms with E-state index in [4.69, 9.17) is 11.6 Å². The van der Waals surface area contributed by atoms with Crippen molar-refractivity contribution >= 4 is 23.3 Å². The van der Waals surface area contributed by atoms with E-state index < -0.39 is 11.7 Å². The Kier molecular flexibility index (Phi) is 4.90. The van der Waals surface area contributed by atoms with Gasteiger partial charge in [-0.15, -0.1) is 0 Å². The largest absolute Gasteiger partial charge is 0.328 e. The van der Waals surface area contributed by atoms with E-state index in [9.17, 15) is 14.0 Å². The molecule has 6 nitrogen and oxygen atoms in total. The number of nitrogens with one attached hydrogen (secondary N) is 1. The van der Waals surface area contributed by atoms with Gasteiger partial charge < -0.3 is 9.88 Å². The number of halogens is 2. The Labute approximate surface area is 153 Å². The van der Waals surface area contributed by atoms with Crippen molar-refractivity contribution in [2.75, 3.05) is 5.32 Å². The van der Waals surface area contributed by atoms with Gasteiger partial charge in [-0.05, 0) is 41.8 Å². The number of aryl methyl sites for hydroxylation is 1. The van der Waals surface area contributed by atoms with Gasteiger partial charge in [0.1, 0.15) is 17.3 Å². The number of nitrogens with zero attached hydrogens (tertiary/aromatic N) is 3. The number of benzene rings is 1. The van der Waals surface area contributed by atoms with Crippen molar-refractivity contribution in [2.45, 2.75) is 6.42 Å². The second-order valence-corrected chi connectivity index (χ2v) is 6.36. The topological polar surface area (TPSA) is 68.9 Å². The van der Waals surface area contributed by atoms with Gasteiger partial charge in [0.15, 0.2) is 0 Å². The van der Waals surface area contributed by atoms with Crippen LogP contribution in [0.4, 0.5) is 10.2 Å². The predicted molar refractivity (Wildman–Crippen MR) is 97.1 cm³/mol. The van der Waals surface area contributed by atoms with E-state index >= 15 is 0 Å². The zero-order chi connectivity index (χ0) is 18.8. The van der Waals surface area contributed by atoms with Gasteiger partial charge in [-0.1, -0.05) is 17.7 Å². The molecule has 1 aromatic carbocycles. The maximum absolute atomic E-state index is 13.4. The first-order chi connectivity index (χ1) is 12.3. The molecule has 8 heteroatoms. The highest BCUT2D eigenvalue weighted by Gasteiger charge is 2.14. The lowest BCUT2D eigenvalue weighted by Crippen LogP contribution is -2.23. The van der Waals surface area contributed by atoms with Crippen LogP contribution < -0.4 is 11.0 Å². The van der Waals surface area contributed by atoms with Crippen LogP contribution >= 0.6 is 11.6 Å². The highest BCUT2D eigenvalue weighted by atomic mass is 35.5. The summed E-state index contributed by atoms with van der Waals surface area (Å²) in [6, 6.07) is 7.78. The molecule has 0 aliphatic heterocycles. The number of pyridine rings is 1. The number of hydrogen-bond acceptors (Lipinski definition) is 3. The maximum Gasteiger partial charge on any atom is 0.328 e. The van der Waals surface area contributed by atoms with Crippen LogP contribution in [0.5, 0.6) is 0 Å². The molecule has 0 saturated heterocycles. The van der Waals surface area contributed by atoms with Crippen LogP contribution in [0.3, 0.4) is 0 Å². The summed E-state index contributed by atoms with van der Waals surface area (Å²) >= 11 is 5.85. The van der Waals surface area contributed by atoms with E-state index in [0.717, 1.165) is 11.1 Å². The molecular formula is C18H16ClFN4O2. The molecule has 0 fully saturated rings. The molecule has 0 atom stereocenters. The smallest absolute Gasteiger partial charge is 0.305 e. The van der Waals surface area contributed by atoms with E-state index in [1.165, 1.54) is 34.5 Å². The Hall–Kier alpha value is -2.93. The molecule has 3 aromatic rings. The number of rotatable bonds is 4. The molecule has 0 unspecified atom stereocenters. The lowest BCUT2D eigenvalue weighted by molar-refractivity contribution is 0.101. The normalized spacial score (nSPS) is 10.8. The maximum atomic E-state index is 13.4. The van der Waals surface area contributed by atoms with Crippen molar-refractivity contribution in [3.63, 3.8) is 0 Å². The molecule has 2 heterocycles. The molecule has 26 heavy (non-hydrogen) atoms. The Balaban J connectivity index is 1.72. The van der Waals surface area contributed by atoms with Gasteiger partial charge in [-0.3, -0.25) is 9.36 Å². The van der Waals surface area contributed by atoms with Gasteiger partial charge in [-0.2, -0.15) is 0 Å². The van der Waals surface area contributed by atoms with E-state index in [-0.39, 0.29) is 11.4 Å². The summed E-state index contributed by atoms with van der Waals surface area (Å²) in [7, 11) is 3.10.